The van der Waals surface area contributed by atoms with E-state index in [0.717, 1.165) is 22.2 Å². The van der Waals surface area contributed by atoms with E-state index in [2.05, 4.69) is 21.2 Å². The largest absolute Gasteiger partial charge is 0.489 e. The summed E-state index contributed by atoms with van der Waals surface area (Å²) < 4.78 is 49.9. The van der Waals surface area contributed by atoms with Crippen LogP contribution < -0.4 is 10.1 Å². The van der Waals surface area contributed by atoms with Crippen molar-refractivity contribution in [2.45, 2.75) is 12.6 Å². The summed E-state index contributed by atoms with van der Waals surface area (Å²) in [4.78, 5) is 12.2. The minimum atomic E-state index is -4.52. The van der Waals surface area contributed by atoms with Crippen molar-refractivity contribution in [3.8, 4) is 5.75 Å². The highest BCUT2D eigenvalue weighted by Crippen LogP contribution is 2.35. The molecule has 0 saturated heterocycles. The van der Waals surface area contributed by atoms with Crippen molar-refractivity contribution in [1.82, 2.24) is 0 Å². The number of hydrogen-bond donors (Lipinski definition) is 1. The Kier molecular flexibility index (Phi) is 7.05. The molecule has 26 heavy (non-hydrogen) atoms. The first kappa shape index (κ1) is 20.3. The number of alkyl halides is 3. The van der Waals surface area contributed by atoms with Crippen LogP contribution in [0.4, 0.5) is 18.9 Å². The molecule has 2 aromatic rings. The molecule has 0 saturated carbocycles. The Morgan fingerprint density at radius 1 is 1.15 bits per heavy atom. The molecular formula is C18H17BrF3NO3. The monoisotopic (exact) mass is 431 g/mol. The van der Waals surface area contributed by atoms with Crippen LogP contribution in [0.3, 0.4) is 0 Å². The van der Waals surface area contributed by atoms with Gasteiger partial charge in [-0.15, -0.1) is 0 Å². The van der Waals surface area contributed by atoms with Gasteiger partial charge in [-0.3, -0.25) is 4.79 Å². The molecule has 0 radical (unpaired) electrons. The lowest BCUT2D eigenvalue weighted by atomic mass is 10.1. The summed E-state index contributed by atoms with van der Waals surface area (Å²) in [6, 6.07) is 10.1. The molecule has 1 N–H and O–H groups in total. The molecule has 8 heteroatoms. The molecular weight excluding hydrogens is 415 g/mol. The number of carbonyl (C=O) groups is 1. The Labute approximate surface area is 157 Å². The maximum Gasteiger partial charge on any atom is 0.416 e. The predicted octanol–water partition coefficient (Wildman–Crippen LogP) is 4.67. The molecule has 0 fully saturated rings. The third-order valence-electron chi connectivity index (χ3n) is 3.38. The highest BCUT2D eigenvalue weighted by atomic mass is 79.9. The number of ether oxygens (including phenoxy) is 2. The van der Waals surface area contributed by atoms with Gasteiger partial charge in [0.15, 0.2) is 0 Å². The minimum Gasteiger partial charge on any atom is -0.489 e. The zero-order valence-corrected chi connectivity index (χ0v) is 15.5. The molecule has 2 rings (SSSR count). The van der Waals surface area contributed by atoms with Gasteiger partial charge in [-0.2, -0.15) is 13.2 Å². The zero-order valence-electron chi connectivity index (χ0n) is 13.9. The van der Waals surface area contributed by atoms with E-state index >= 15 is 0 Å². The number of rotatable bonds is 7. The Morgan fingerprint density at radius 2 is 1.92 bits per heavy atom. The van der Waals surface area contributed by atoms with Gasteiger partial charge in [0.1, 0.15) is 12.4 Å². The summed E-state index contributed by atoms with van der Waals surface area (Å²) in [6.07, 6.45) is -4.50. The second-order valence-corrected chi connectivity index (χ2v) is 6.32. The summed E-state index contributed by atoms with van der Waals surface area (Å²) in [7, 11) is 1.48. The first-order valence-electron chi connectivity index (χ1n) is 7.67. The summed E-state index contributed by atoms with van der Waals surface area (Å²) >= 11 is 3.31. The van der Waals surface area contributed by atoms with Gasteiger partial charge >= 0.3 is 6.18 Å². The summed E-state index contributed by atoms with van der Waals surface area (Å²) in [5.41, 5.74) is -0.170. The lowest BCUT2D eigenvalue weighted by Crippen LogP contribution is -2.17. The molecule has 140 valence electrons. The highest BCUT2D eigenvalue weighted by Gasteiger charge is 2.31. The number of carbonyl (C=O) groups excluding carboxylic acids is 1. The molecule has 0 unspecified atom stereocenters. The fraction of sp³-hybridized carbons (Fsp3) is 0.278. The van der Waals surface area contributed by atoms with Crippen LogP contribution in [0.1, 0.15) is 11.1 Å². The number of hydrogen-bond acceptors (Lipinski definition) is 3. The molecule has 0 heterocycles. The average Bonchev–Trinajstić information content (AvgIpc) is 2.55. The number of methoxy groups -OCH3 is 1. The minimum absolute atomic E-state index is 0.0210. The Bertz CT molecular complexity index is 766. The lowest BCUT2D eigenvalue weighted by molar-refractivity contribution is -0.137. The molecule has 0 atom stereocenters. The first-order valence-corrected chi connectivity index (χ1v) is 8.46. The molecule has 2 aromatic carbocycles. The van der Waals surface area contributed by atoms with Crippen LogP contribution in [0.15, 0.2) is 46.9 Å². The number of halogens is 4. The normalized spacial score (nSPS) is 11.3. The molecule has 0 aliphatic heterocycles. The Hall–Kier alpha value is -2.06. The zero-order chi connectivity index (χ0) is 19.2. The highest BCUT2D eigenvalue weighted by molar-refractivity contribution is 9.10. The topological polar surface area (TPSA) is 47.6 Å². The van der Waals surface area contributed by atoms with E-state index in [9.17, 15) is 18.0 Å². The quantitative estimate of drug-likeness (QED) is 0.647. The Balaban J connectivity index is 2.19. The van der Waals surface area contributed by atoms with Crippen molar-refractivity contribution in [1.29, 1.82) is 0 Å². The predicted molar refractivity (Wildman–Crippen MR) is 95.3 cm³/mol. The van der Waals surface area contributed by atoms with Gasteiger partial charge in [0.2, 0.25) is 5.91 Å². The maximum atomic E-state index is 13.0. The van der Waals surface area contributed by atoms with Crippen LogP contribution >= 0.6 is 15.9 Å². The third kappa shape index (κ3) is 6.03. The SMILES string of the molecule is COCCOc1ccc(C(F)(F)F)cc1NC(=O)Cc1cccc(Br)c1. The standard InChI is InChI=1S/C18H17BrF3NO3/c1-25-7-8-26-16-6-5-13(18(20,21)22)11-15(16)23-17(24)10-12-3-2-4-14(19)9-12/h2-6,9,11H,7-8,10H2,1H3,(H,23,24). The first-order chi connectivity index (χ1) is 12.3. The average molecular weight is 432 g/mol. The smallest absolute Gasteiger partial charge is 0.416 e. The second kappa shape index (κ2) is 9.05. The van der Waals surface area contributed by atoms with E-state index in [4.69, 9.17) is 9.47 Å². The lowest BCUT2D eigenvalue weighted by Gasteiger charge is -2.15. The van der Waals surface area contributed by atoms with Gasteiger partial charge in [0.05, 0.1) is 24.3 Å². The van der Waals surface area contributed by atoms with Crippen LogP contribution in [0.25, 0.3) is 0 Å². The van der Waals surface area contributed by atoms with E-state index in [0.29, 0.717) is 0 Å². The summed E-state index contributed by atoms with van der Waals surface area (Å²) in [6.45, 7) is 0.419. The third-order valence-corrected chi connectivity index (χ3v) is 3.87. The van der Waals surface area contributed by atoms with Gasteiger partial charge in [-0.25, -0.2) is 0 Å². The summed E-state index contributed by atoms with van der Waals surface area (Å²) in [5.74, 6) is -0.295. The van der Waals surface area contributed by atoms with E-state index in [-0.39, 0.29) is 31.1 Å². The van der Waals surface area contributed by atoms with Gasteiger partial charge in [0, 0.05) is 11.6 Å². The molecule has 0 spiro atoms. The van der Waals surface area contributed by atoms with E-state index < -0.39 is 17.6 Å². The van der Waals surface area contributed by atoms with Crippen molar-refractivity contribution in [2.24, 2.45) is 0 Å². The van der Waals surface area contributed by atoms with Crippen LogP contribution in [0.5, 0.6) is 5.75 Å². The molecule has 0 bridgehead atoms. The number of benzene rings is 2. The van der Waals surface area contributed by atoms with E-state index in [1.807, 2.05) is 6.07 Å². The van der Waals surface area contributed by atoms with Gasteiger partial charge in [-0.1, -0.05) is 28.1 Å². The number of amides is 1. The van der Waals surface area contributed by atoms with E-state index in [1.54, 1.807) is 18.2 Å². The number of anilines is 1. The van der Waals surface area contributed by atoms with Crippen molar-refractivity contribution in [3.05, 3.63) is 58.1 Å². The van der Waals surface area contributed by atoms with E-state index in [1.165, 1.54) is 13.2 Å². The van der Waals surface area contributed by atoms with Gasteiger partial charge in [0.25, 0.3) is 0 Å². The van der Waals surface area contributed by atoms with Crippen LogP contribution in [-0.2, 0) is 22.1 Å². The maximum absolute atomic E-state index is 13.0. The number of nitrogens with one attached hydrogen (secondary N) is 1. The van der Waals surface area contributed by atoms with Crippen LogP contribution in [0, 0.1) is 0 Å². The second-order valence-electron chi connectivity index (χ2n) is 5.40. The van der Waals surface area contributed by atoms with Gasteiger partial charge in [-0.05, 0) is 35.9 Å². The van der Waals surface area contributed by atoms with Crippen molar-refractivity contribution in [2.75, 3.05) is 25.6 Å². The molecule has 0 aliphatic rings. The fourth-order valence-electron chi connectivity index (χ4n) is 2.19. The van der Waals surface area contributed by atoms with Crippen molar-refractivity contribution >= 4 is 27.5 Å². The molecule has 0 aliphatic carbocycles. The summed E-state index contributed by atoms with van der Waals surface area (Å²) in [5, 5.41) is 2.50. The van der Waals surface area contributed by atoms with Crippen molar-refractivity contribution < 1.29 is 27.4 Å². The molecule has 0 aromatic heterocycles. The Morgan fingerprint density at radius 3 is 2.58 bits per heavy atom. The molecule has 4 nitrogen and oxygen atoms in total. The van der Waals surface area contributed by atoms with Gasteiger partial charge < -0.3 is 14.8 Å². The fourth-order valence-corrected chi connectivity index (χ4v) is 2.64. The molecule has 1 amide bonds. The van der Waals surface area contributed by atoms with Crippen LogP contribution in [-0.4, -0.2) is 26.2 Å². The van der Waals surface area contributed by atoms with Crippen LogP contribution in [0.2, 0.25) is 0 Å². The van der Waals surface area contributed by atoms with Crippen molar-refractivity contribution in [3.63, 3.8) is 0 Å².